The molecule has 1 atom stereocenters. The summed E-state index contributed by atoms with van der Waals surface area (Å²) in [5, 5.41) is 17.7. The molecule has 0 amide bonds. The number of rotatable bonds is 3. The predicted molar refractivity (Wildman–Crippen MR) is 61.7 cm³/mol. The van der Waals surface area contributed by atoms with Gasteiger partial charge in [-0.1, -0.05) is 5.21 Å². The fraction of sp³-hybridized carbons (Fsp3) is 0.333. The van der Waals surface area contributed by atoms with E-state index in [2.05, 4.69) is 26.2 Å². The van der Waals surface area contributed by atoms with E-state index in [-0.39, 0.29) is 0 Å². The fourth-order valence-electron chi connectivity index (χ4n) is 1.29. The third-order valence-corrected chi connectivity index (χ3v) is 3.70. The lowest BCUT2D eigenvalue weighted by molar-refractivity contribution is 0.181. The van der Waals surface area contributed by atoms with Crippen LogP contribution in [0.1, 0.15) is 16.7 Å². The highest BCUT2D eigenvalue weighted by molar-refractivity contribution is 9.11. The van der Waals surface area contributed by atoms with Crippen LogP contribution in [0, 0.1) is 0 Å². The van der Waals surface area contributed by atoms with Crippen molar-refractivity contribution >= 4 is 27.3 Å². The molecule has 15 heavy (non-hydrogen) atoms. The first-order valence-electron chi connectivity index (χ1n) is 4.43. The zero-order valence-electron chi connectivity index (χ0n) is 8.09. The molecule has 2 rings (SSSR count). The van der Waals surface area contributed by atoms with Gasteiger partial charge in [-0.3, -0.25) is 4.68 Å². The Bertz CT molecular complexity index is 454. The first kappa shape index (κ1) is 10.8. The Labute approximate surface area is 99.7 Å². The van der Waals surface area contributed by atoms with Gasteiger partial charge in [-0.15, -0.1) is 16.4 Å². The van der Waals surface area contributed by atoms with Crippen molar-refractivity contribution in [1.29, 1.82) is 0 Å². The highest BCUT2D eigenvalue weighted by atomic mass is 79.9. The number of thiophene rings is 1. The molecule has 6 heteroatoms. The molecule has 2 heterocycles. The summed E-state index contributed by atoms with van der Waals surface area (Å²) < 4.78 is 2.66. The van der Waals surface area contributed by atoms with Gasteiger partial charge >= 0.3 is 0 Å². The number of hydrogen-bond donors (Lipinski definition) is 1. The summed E-state index contributed by atoms with van der Waals surface area (Å²) in [4.78, 5) is 0.938. The SMILES string of the molecule is Cn1cc(CC(O)c2ccc(Br)s2)nn1. The van der Waals surface area contributed by atoms with Crippen molar-refractivity contribution < 1.29 is 5.11 Å². The average molecular weight is 288 g/mol. The van der Waals surface area contributed by atoms with Gasteiger partial charge in [0.15, 0.2) is 0 Å². The van der Waals surface area contributed by atoms with Crippen LogP contribution in [0.4, 0.5) is 0 Å². The standard InChI is InChI=1S/C9H10BrN3OS/c1-13-5-6(11-12-13)4-7(14)8-2-3-9(10)15-8/h2-3,5,7,14H,4H2,1H3. The number of hydrogen-bond acceptors (Lipinski definition) is 4. The van der Waals surface area contributed by atoms with Crippen LogP contribution in [0.15, 0.2) is 22.1 Å². The van der Waals surface area contributed by atoms with Crippen LogP contribution in [-0.2, 0) is 13.5 Å². The van der Waals surface area contributed by atoms with Crippen molar-refractivity contribution in [3.05, 3.63) is 32.7 Å². The van der Waals surface area contributed by atoms with Gasteiger partial charge < -0.3 is 5.11 Å². The molecular formula is C9H10BrN3OS. The first-order valence-corrected chi connectivity index (χ1v) is 6.04. The minimum Gasteiger partial charge on any atom is -0.387 e. The smallest absolute Gasteiger partial charge is 0.0938 e. The summed E-state index contributed by atoms with van der Waals surface area (Å²) in [5.41, 5.74) is 0.800. The minimum absolute atomic E-state index is 0.501. The van der Waals surface area contributed by atoms with Crippen LogP contribution < -0.4 is 0 Å². The van der Waals surface area contributed by atoms with E-state index >= 15 is 0 Å². The maximum absolute atomic E-state index is 9.91. The molecular weight excluding hydrogens is 278 g/mol. The van der Waals surface area contributed by atoms with E-state index in [1.807, 2.05) is 25.4 Å². The molecule has 0 saturated carbocycles. The van der Waals surface area contributed by atoms with E-state index < -0.39 is 6.10 Å². The van der Waals surface area contributed by atoms with Gasteiger partial charge in [-0.25, -0.2) is 0 Å². The largest absolute Gasteiger partial charge is 0.387 e. The lowest BCUT2D eigenvalue weighted by Crippen LogP contribution is -1.99. The number of aromatic nitrogens is 3. The van der Waals surface area contributed by atoms with Gasteiger partial charge in [0.1, 0.15) is 0 Å². The molecule has 0 saturated heterocycles. The van der Waals surface area contributed by atoms with Gasteiger partial charge in [-0.05, 0) is 28.1 Å². The normalized spacial score (nSPS) is 13.0. The minimum atomic E-state index is -0.502. The Hall–Kier alpha value is -0.720. The number of aryl methyl sites for hydroxylation is 1. The number of aliphatic hydroxyl groups excluding tert-OH is 1. The lowest BCUT2D eigenvalue weighted by atomic mass is 10.2. The zero-order valence-corrected chi connectivity index (χ0v) is 10.5. The Balaban J connectivity index is 2.06. The van der Waals surface area contributed by atoms with Crippen molar-refractivity contribution in [3.63, 3.8) is 0 Å². The Morgan fingerprint density at radius 2 is 2.40 bits per heavy atom. The fourth-order valence-corrected chi connectivity index (χ4v) is 2.70. The summed E-state index contributed by atoms with van der Waals surface area (Å²) in [5.74, 6) is 0. The van der Waals surface area contributed by atoms with E-state index in [4.69, 9.17) is 0 Å². The lowest BCUT2D eigenvalue weighted by Gasteiger charge is -2.04. The molecule has 0 aliphatic carbocycles. The van der Waals surface area contributed by atoms with Crippen molar-refractivity contribution in [2.75, 3.05) is 0 Å². The molecule has 2 aromatic rings. The molecule has 0 radical (unpaired) electrons. The number of halogens is 1. The summed E-state index contributed by atoms with van der Waals surface area (Å²) in [6.07, 6.45) is 1.81. The van der Waals surface area contributed by atoms with Crippen LogP contribution in [0.3, 0.4) is 0 Å². The molecule has 0 aliphatic rings. The van der Waals surface area contributed by atoms with Crippen molar-refractivity contribution in [2.45, 2.75) is 12.5 Å². The molecule has 1 N–H and O–H groups in total. The maximum Gasteiger partial charge on any atom is 0.0938 e. The van der Waals surface area contributed by atoms with E-state index in [1.54, 1.807) is 4.68 Å². The second kappa shape index (κ2) is 4.42. The molecule has 0 spiro atoms. The second-order valence-corrected chi connectivity index (χ2v) is 5.74. The summed E-state index contributed by atoms with van der Waals surface area (Å²) in [7, 11) is 1.81. The average Bonchev–Trinajstić information content (AvgIpc) is 2.75. The van der Waals surface area contributed by atoms with Crippen molar-refractivity contribution in [1.82, 2.24) is 15.0 Å². The quantitative estimate of drug-likeness (QED) is 0.938. The van der Waals surface area contributed by atoms with Crippen LogP contribution in [0.5, 0.6) is 0 Å². The summed E-state index contributed by atoms with van der Waals surface area (Å²) in [6, 6.07) is 3.84. The Kier molecular flexibility index (Phi) is 3.18. The summed E-state index contributed by atoms with van der Waals surface area (Å²) >= 11 is 4.90. The third-order valence-electron chi connectivity index (χ3n) is 1.98. The van der Waals surface area contributed by atoms with Crippen molar-refractivity contribution in [2.24, 2.45) is 7.05 Å². The molecule has 4 nitrogen and oxygen atoms in total. The highest BCUT2D eigenvalue weighted by Crippen LogP contribution is 2.28. The monoisotopic (exact) mass is 287 g/mol. The van der Waals surface area contributed by atoms with Crippen LogP contribution >= 0.6 is 27.3 Å². The van der Waals surface area contributed by atoms with Crippen LogP contribution in [0.25, 0.3) is 0 Å². The van der Waals surface area contributed by atoms with E-state index in [9.17, 15) is 5.11 Å². The van der Waals surface area contributed by atoms with Gasteiger partial charge in [0, 0.05) is 24.5 Å². The number of nitrogens with zero attached hydrogens (tertiary/aromatic N) is 3. The van der Waals surface area contributed by atoms with Crippen LogP contribution in [-0.4, -0.2) is 20.1 Å². The van der Waals surface area contributed by atoms with E-state index in [0.29, 0.717) is 6.42 Å². The molecule has 0 aromatic carbocycles. The topological polar surface area (TPSA) is 50.9 Å². The molecule has 0 fully saturated rings. The van der Waals surface area contributed by atoms with Gasteiger partial charge in [0.25, 0.3) is 0 Å². The van der Waals surface area contributed by atoms with Gasteiger partial charge in [0.05, 0.1) is 15.6 Å². The first-order chi connectivity index (χ1) is 7.15. The molecule has 0 aliphatic heterocycles. The highest BCUT2D eigenvalue weighted by Gasteiger charge is 2.12. The molecule has 1 unspecified atom stereocenters. The van der Waals surface area contributed by atoms with Crippen molar-refractivity contribution in [3.8, 4) is 0 Å². The Morgan fingerprint density at radius 3 is 2.93 bits per heavy atom. The summed E-state index contributed by atoms with van der Waals surface area (Å²) in [6.45, 7) is 0. The van der Waals surface area contributed by atoms with E-state index in [1.165, 1.54) is 11.3 Å². The van der Waals surface area contributed by atoms with Crippen LogP contribution in [0.2, 0.25) is 0 Å². The van der Waals surface area contributed by atoms with E-state index in [0.717, 1.165) is 14.4 Å². The van der Waals surface area contributed by atoms with Gasteiger partial charge in [0.2, 0.25) is 0 Å². The second-order valence-electron chi connectivity index (χ2n) is 3.25. The molecule has 2 aromatic heterocycles. The number of aliphatic hydroxyl groups is 1. The zero-order chi connectivity index (χ0) is 10.8. The third kappa shape index (κ3) is 2.64. The molecule has 0 bridgehead atoms. The predicted octanol–water partition coefficient (Wildman–Crippen LogP) is 1.92. The molecule has 80 valence electrons. The maximum atomic E-state index is 9.91. The van der Waals surface area contributed by atoms with Gasteiger partial charge in [-0.2, -0.15) is 0 Å². The Morgan fingerprint density at radius 1 is 1.60 bits per heavy atom.